The van der Waals surface area contributed by atoms with Gasteiger partial charge >= 0.3 is 0 Å². The molecule has 0 saturated carbocycles. The largest absolute Gasteiger partial charge is 0.497 e. The standard InChI is InChI=1S/C32H29NO6/c1-21(34)22-5-7-25(8-6-22)32(36)33(26-13-19-29(39-4)20-14-26)30(23-9-15-27(37-2)16-10-23)31(35)24-11-17-28(38-3)18-12-24/h5-20,30H,1-4H3. The van der Waals surface area contributed by atoms with Crippen LogP contribution in [0.25, 0.3) is 0 Å². The SMILES string of the molecule is COc1ccc(C(=O)C(c2ccc(OC)cc2)N(C(=O)c2ccc(C(C)=O)cc2)c2ccc(OC)cc2)cc1. The maximum Gasteiger partial charge on any atom is 0.259 e. The van der Waals surface area contributed by atoms with Gasteiger partial charge in [0.25, 0.3) is 5.91 Å². The lowest BCUT2D eigenvalue weighted by Crippen LogP contribution is -2.39. The van der Waals surface area contributed by atoms with Crippen LogP contribution in [0.1, 0.15) is 49.6 Å². The van der Waals surface area contributed by atoms with Crippen molar-refractivity contribution in [2.75, 3.05) is 26.2 Å². The Bertz CT molecular complexity index is 1440. The fraction of sp³-hybridized carbons (Fsp3) is 0.156. The maximum absolute atomic E-state index is 14.2. The predicted octanol–water partition coefficient (Wildman–Crippen LogP) is 6.19. The molecule has 0 aliphatic rings. The molecule has 1 amide bonds. The van der Waals surface area contributed by atoms with Crippen molar-refractivity contribution in [3.05, 3.63) is 119 Å². The van der Waals surface area contributed by atoms with Crippen molar-refractivity contribution in [2.45, 2.75) is 13.0 Å². The molecule has 7 nitrogen and oxygen atoms in total. The molecule has 4 aromatic rings. The highest BCUT2D eigenvalue weighted by Gasteiger charge is 2.34. The second-order valence-corrected chi connectivity index (χ2v) is 8.78. The molecule has 0 aliphatic carbocycles. The van der Waals surface area contributed by atoms with Gasteiger partial charge in [0.15, 0.2) is 11.6 Å². The Morgan fingerprint density at radius 2 is 0.974 bits per heavy atom. The van der Waals surface area contributed by atoms with Gasteiger partial charge in [-0.15, -0.1) is 0 Å². The van der Waals surface area contributed by atoms with Gasteiger partial charge in [0, 0.05) is 22.4 Å². The quantitative estimate of drug-likeness (QED) is 0.231. The average molecular weight is 524 g/mol. The lowest BCUT2D eigenvalue weighted by atomic mass is 9.94. The second-order valence-electron chi connectivity index (χ2n) is 8.78. The zero-order valence-corrected chi connectivity index (χ0v) is 22.2. The van der Waals surface area contributed by atoms with Crippen LogP contribution in [-0.4, -0.2) is 38.8 Å². The van der Waals surface area contributed by atoms with Gasteiger partial charge < -0.3 is 14.2 Å². The summed E-state index contributed by atoms with van der Waals surface area (Å²) in [6, 6.07) is 26.1. The number of hydrogen-bond donors (Lipinski definition) is 0. The number of ketones is 2. The molecule has 1 atom stereocenters. The van der Waals surface area contributed by atoms with Crippen LogP contribution in [0.2, 0.25) is 0 Å². The van der Waals surface area contributed by atoms with E-state index in [2.05, 4.69) is 0 Å². The summed E-state index contributed by atoms with van der Waals surface area (Å²) in [6.45, 7) is 1.47. The monoisotopic (exact) mass is 523 g/mol. The fourth-order valence-electron chi connectivity index (χ4n) is 4.23. The molecule has 4 rings (SSSR count). The molecule has 39 heavy (non-hydrogen) atoms. The number of carbonyl (C=O) groups is 3. The summed E-state index contributed by atoms with van der Waals surface area (Å²) in [7, 11) is 4.67. The lowest BCUT2D eigenvalue weighted by Gasteiger charge is -2.32. The molecule has 0 aromatic heterocycles. The minimum Gasteiger partial charge on any atom is -0.497 e. The van der Waals surface area contributed by atoms with Gasteiger partial charge in [-0.3, -0.25) is 19.3 Å². The van der Waals surface area contributed by atoms with Crippen molar-refractivity contribution >= 4 is 23.2 Å². The number of anilines is 1. The summed E-state index contributed by atoms with van der Waals surface area (Å²) in [5, 5.41) is 0. The van der Waals surface area contributed by atoms with Crippen molar-refractivity contribution < 1.29 is 28.6 Å². The Morgan fingerprint density at radius 3 is 1.44 bits per heavy atom. The first-order valence-electron chi connectivity index (χ1n) is 12.3. The molecular weight excluding hydrogens is 494 g/mol. The molecule has 198 valence electrons. The molecule has 0 bridgehead atoms. The molecule has 0 heterocycles. The molecule has 7 heteroatoms. The van der Waals surface area contributed by atoms with Crippen LogP contribution < -0.4 is 19.1 Å². The number of Topliss-reactive ketones (excluding diaryl/α,β-unsaturated/α-hetero) is 2. The highest BCUT2D eigenvalue weighted by atomic mass is 16.5. The van der Waals surface area contributed by atoms with Crippen LogP contribution in [0.4, 0.5) is 5.69 Å². The summed E-state index contributed by atoms with van der Waals surface area (Å²) in [6.07, 6.45) is 0. The van der Waals surface area contributed by atoms with Gasteiger partial charge in [0.1, 0.15) is 23.3 Å². The van der Waals surface area contributed by atoms with Gasteiger partial charge in [-0.1, -0.05) is 24.3 Å². The number of ether oxygens (including phenoxy) is 3. The minimum absolute atomic E-state index is 0.105. The van der Waals surface area contributed by atoms with Gasteiger partial charge in [-0.05, 0) is 85.3 Å². The van der Waals surface area contributed by atoms with Gasteiger partial charge in [-0.2, -0.15) is 0 Å². The minimum atomic E-state index is -1.02. The van der Waals surface area contributed by atoms with Crippen molar-refractivity contribution in [3.8, 4) is 17.2 Å². The number of benzene rings is 4. The molecule has 1 unspecified atom stereocenters. The number of amides is 1. The molecule has 0 fully saturated rings. The third-order valence-corrected chi connectivity index (χ3v) is 6.42. The first-order chi connectivity index (χ1) is 18.9. The van der Waals surface area contributed by atoms with E-state index in [9.17, 15) is 14.4 Å². The topological polar surface area (TPSA) is 82.1 Å². The molecule has 0 spiro atoms. The molecule has 0 N–H and O–H groups in total. The Morgan fingerprint density at radius 1 is 0.564 bits per heavy atom. The van der Waals surface area contributed by atoms with Crippen LogP contribution in [0, 0.1) is 0 Å². The molecule has 0 aliphatic heterocycles. The van der Waals surface area contributed by atoms with Crippen LogP contribution in [0.5, 0.6) is 17.2 Å². The molecule has 0 radical (unpaired) electrons. The van der Waals surface area contributed by atoms with E-state index in [1.54, 1.807) is 118 Å². The lowest BCUT2D eigenvalue weighted by molar-refractivity contribution is 0.0896. The third kappa shape index (κ3) is 5.99. The Hall–Kier alpha value is -4.91. The summed E-state index contributed by atoms with van der Waals surface area (Å²) in [4.78, 5) is 41.6. The van der Waals surface area contributed by atoms with E-state index in [-0.39, 0.29) is 11.6 Å². The smallest absolute Gasteiger partial charge is 0.259 e. The number of hydrogen-bond acceptors (Lipinski definition) is 6. The van der Waals surface area contributed by atoms with E-state index in [1.807, 2.05) is 0 Å². The fourth-order valence-corrected chi connectivity index (χ4v) is 4.23. The van der Waals surface area contributed by atoms with Gasteiger partial charge in [0.05, 0.1) is 21.3 Å². The van der Waals surface area contributed by atoms with E-state index in [1.165, 1.54) is 11.8 Å². The number of rotatable bonds is 10. The molecular formula is C32H29NO6. The van der Waals surface area contributed by atoms with Crippen molar-refractivity contribution in [2.24, 2.45) is 0 Å². The first-order valence-corrected chi connectivity index (χ1v) is 12.3. The highest BCUT2D eigenvalue weighted by Crippen LogP contribution is 2.34. The van der Waals surface area contributed by atoms with Crippen LogP contribution in [-0.2, 0) is 0 Å². The summed E-state index contributed by atoms with van der Waals surface area (Å²) in [5.74, 6) is 1.05. The van der Waals surface area contributed by atoms with Crippen LogP contribution in [0.15, 0.2) is 97.1 Å². The summed E-state index contributed by atoms with van der Waals surface area (Å²) >= 11 is 0. The third-order valence-electron chi connectivity index (χ3n) is 6.42. The van der Waals surface area contributed by atoms with E-state index >= 15 is 0 Å². The normalized spacial score (nSPS) is 11.3. The van der Waals surface area contributed by atoms with E-state index in [0.717, 1.165) is 0 Å². The Labute approximate surface area is 227 Å². The van der Waals surface area contributed by atoms with E-state index < -0.39 is 11.9 Å². The van der Waals surface area contributed by atoms with E-state index in [0.29, 0.717) is 45.2 Å². The number of methoxy groups -OCH3 is 3. The average Bonchev–Trinajstić information content (AvgIpc) is 2.99. The Balaban J connectivity index is 1.89. The predicted molar refractivity (Wildman–Crippen MR) is 149 cm³/mol. The van der Waals surface area contributed by atoms with E-state index in [4.69, 9.17) is 14.2 Å². The summed E-state index contributed by atoms with van der Waals surface area (Å²) < 4.78 is 15.9. The Kier molecular flexibility index (Phi) is 8.41. The summed E-state index contributed by atoms with van der Waals surface area (Å²) in [5.41, 5.74) is 2.33. The maximum atomic E-state index is 14.2. The van der Waals surface area contributed by atoms with Crippen LogP contribution in [0.3, 0.4) is 0 Å². The first kappa shape index (κ1) is 27.1. The molecule has 0 saturated heterocycles. The van der Waals surface area contributed by atoms with Gasteiger partial charge in [-0.25, -0.2) is 0 Å². The van der Waals surface area contributed by atoms with Crippen LogP contribution >= 0.6 is 0 Å². The number of carbonyl (C=O) groups excluding carboxylic acids is 3. The second kappa shape index (κ2) is 12.1. The van der Waals surface area contributed by atoms with Crippen molar-refractivity contribution in [1.82, 2.24) is 0 Å². The van der Waals surface area contributed by atoms with Crippen molar-refractivity contribution in [3.63, 3.8) is 0 Å². The highest BCUT2D eigenvalue weighted by molar-refractivity contribution is 6.13. The van der Waals surface area contributed by atoms with Gasteiger partial charge in [0.2, 0.25) is 0 Å². The number of nitrogens with zero attached hydrogens (tertiary/aromatic N) is 1. The van der Waals surface area contributed by atoms with Crippen molar-refractivity contribution in [1.29, 1.82) is 0 Å². The zero-order valence-electron chi connectivity index (χ0n) is 22.2. The molecule has 4 aromatic carbocycles. The zero-order chi connectivity index (χ0) is 27.9.